The molecule has 6 nitrogen and oxygen atoms in total. The monoisotopic (exact) mass is 368 g/mol. The molecule has 27 heavy (non-hydrogen) atoms. The number of aryl methyl sites for hydroxylation is 1. The average molecular weight is 368 g/mol. The van der Waals surface area contributed by atoms with E-state index in [1.165, 1.54) is 13.0 Å². The number of nitrogens with one attached hydrogen (secondary N) is 2. The van der Waals surface area contributed by atoms with Crippen LogP contribution >= 0.6 is 0 Å². The van der Waals surface area contributed by atoms with Crippen LogP contribution in [0.15, 0.2) is 48.5 Å². The van der Waals surface area contributed by atoms with Gasteiger partial charge in [-0.15, -0.1) is 0 Å². The summed E-state index contributed by atoms with van der Waals surface area (Å²) in [6, 6.07) is 14.2. The summed E-state index contributed by atoms with van der Waals surface area (Å²) < 4.78 is 4.97. The molecule has 0 bridgehead atoms. The molecule has 0 saturated heterocycles. The first-order chi connectivity index (χ1) is 13.0. The third-order valence-corrected chi connectivity index (χ3v) is 3.93. The van der Waals surface area contributed by atoms with Crippen molar-refractivity contribution < 1.29 is 19.1 Å². The van der Waals surface area contributed by atoms with E-state index in [9.17, 15) is 14.4 Å². The van der Waals surface area contributed by atoms with Gasteiger partial charge >= 0.3 is 5.97 Å². The van der Waals surface area contributed by atoms with Gasteiger partial charge in [-0.2, -0.15) is 0 Å². The maximum absolute atomic E-state index is 12.1. The summed E-state index contributed by atoms with van der Waals surface area (Å²) in [7, 11) is 0. The van der Waals surface area contributed by atoms with Gasteiger partial charge in [0.15, 0.2) is 0 Å². The van der Waals surface area contributed by atoms with Crippen LogP contribution in [0.2, 0.25) is 0 Å². The molecule has 0 aliphatic heterocycles. The van der Waals surface area contributed by atoms with Crippen molar-refractivity contribution in [3.8, 4) is 5.75 Å². The van der Waals surface area contributed by atoms with Crippen molar-refractivity contribution in [1.29, 1.82) is 0 Å². The number of benzene rings is 2. The largest absolute Gasteiger partial charge is 0.427 e. The number of rotatable bonds is 8. The molecule has 2 aromatic carbocycles. The lowest BCUT2D eigenvalue weighted by Crippen LogP contribution is -2.30. The maximum Gasteiger partial charge on any atom is 0.308 e. The zero-order valence-electron chi connectivity index (χ0n) is 15.6. The minimum Gasteiger partial charge on any atom is -0.427 e. The van der Waals surface area contributed by atoms with Crippen molar-refractivity contribution in [2.24, 2.45) is 0 Å². The molecule has 0 saturated carbocycles. The minimum atomic E-state index is -0.436. The van der Waals surface area contributed by atoms with E-state index >= 15 is 0 Å². The number of esters is 1. The van der Waals surface area contributed by atoms with Gasteiger partial charge in [0, 0.05) is 25.6 Å². The van der Waals surface area contributed by atoms with Crippen molar-refractivity contribution in [3.63, 3.8) is 0 Å². The number of hydrogen-bond acceptors (Lipinski definition) is 4. The van der Waals surface area contributed by atoms with Crippen LogP contribution in [0.3, 0.4) is 0 Å². The standard InChI is InChI=1S/C21H24N2O4/c1-15-7-3-4-8-17(15)14-20(25)22-11-6-12-23-21(26)18-9-5-10-19(13-18)27-16(2)24/h3-5,7-10,13H,6,11-12,14H2,1-2H3,(H,22,25)(H,23,26). The second kappa shape index (κ2) is 10.1. The minimum absolute atomic E-state index is 0.0373. The van der Waals surface area contributed by atoms with E-state index in [1.807, 2.05) is 31.2 Å². The van der Waals surface area contributed by atoms with Gasteiger partial charge in [0.2, 0.25) is 5.91 Å². The fourth-order valence-electron chi connectivity index (χ4n) is 2.53. The van der Waals surface area contributed by atoms with Crippen molar-refractivity contribution in [2.75, 3.05) is 13.1 Å². The van der Waals surface area contributed by atoms with Crippen molar-refractivity contribution in [3.05, 3.63) is 65.2 Å². The Labute approximate surface area is 158 Å². The number of hydrogen-bond donors (Lipinski definition) is 2. The van der Waals surface area contributed by atoms with Gasteiger partial charge in [-0.3, -0.25) is 14.4 Å². The van der Waals surface area contributed by atoms with Gasteiger partial charge in [0.05, 0.1) is 6.42 Å². The second-order valence-corrected chi connectivity index (χ2v) is 6.18. The molecule has 2 amide bonds. The Morgan fingerprint density at radius 1 is 0.963 bits per heavy atom. The number of ether oxygens (including phenoxy) is 1. The highest BCUT2D eigenvalue weighted by Gasteiger charge is 2.08. The van der Waals surface area contributed by atoms with Gasteiger partial charge in [-0.05, 0) is 42.7 Å². The molecule has 0 heterocycles. The quantitative estimate of drug-likeness (QED) is 0.426. The summed E-state index contributed by atoms with van der Waals surface area (Å²) in [5, 5.41) is 5.64. The average Bonchev–Trinajstić information content (AvgIpc) is 2.63. The van der Waals surface area contributed by atoms with Crippen LogP contribution in [-0.4, -0.2) is 30.9 Å². The zero-order valence-corrected chi connectivity index (χ0v) is 15.6. The molecule has 2 aromatic rings. The molecular weight excluding hydrogens is 344 g/mol. The predicted octanol–water partition coefficient (Wildman–Crippen LogP) is 2.40. The lowest BCUT2D eigenvalue weighted by atomic mass is 10.1. The van der Waals surface area contributed by atoms with E-state index in [0.29, 0.717) is 37.2 Å². The highest BCUT2D eigenvalue weighted by Crippen LogP contribution is 2.13. The first-order valence-electron chi connectivity index (χ1n) is 8.83. The lowest BCUT2D eigenvalue weighted by Gasteiger charge is -2.09. The molecule has 2 N–H and O–H groups in total. The van der Waals surface area contributed by atoms with E-state index in [2.05, 4.69) is 10.6 Å². The molecule has 142 valence electrons. The summed E-state index contributed by atoms with van der Waals surface area (Å²) in [5.74, 6) is -0.396. The van der Waals surface area contributed by atoms with Crippen molar-refractivity contribution >= 4 is 17.8 Å². The fourth-order valence-corrected chi connectivity index (χ4v) is 2.53. The van der Waals surface area contributed by atoms with Crippen LogP contribution in [0.1, 0.15) is 34.8 Å². The van der Waals surface area contributed by atoms with E-state index in [4.69, 9.17) is 4.74 Å². The fraction of sp³-hybridized carbons (Fsp3) is 0.286. The molecule has 2 rings (SSSR count). The zero-order chi connectivity index (χ0) is 19.6. The number of carbonyl (C=O) groups is 3. The highest BCUT2D eigenvalue weighted by atomic mass is 16.5. The van der Waals surface area contributed by atoms with Crippen LogP contribution < -0.4 is 15.4 Å². The number of carbonyl (C=O) groups excluding carboxylic acids is 3. The summed E-state index contributed by atoms with van der Waals surface area (Å²) in [6.45, 7) is 4.20. The first-order valence-corrected chi connectivity index (χ1v) is 8.83. The Kier molecular flexibility index (Phi) is 7.55. The lowest BCUT2D eigenvalue weighted by molar-refractivity contribution is -0.131. The topological polar surface area (TPSA) is 84.5 Å². The molecule has 0 radical (unpaired) electrons. The Morgan fingerprint density at radius 2 is 1.70 bits per heavy atom. The Bertz CT molecular complexity index is 817. The molecule has 0 aliphatic carbocycles. The molecule has 6 heteroatoms. The van der Waals surface area contributed by atoms with Crippen molar-refractivity contribution in [1.82, 2.24) is 10.6 Å². The molecule has 0 unspecified atom stereocenters. The Hall–Kier alpha value is -3.15. The Balaban J connectivity index is 1.69. The second-order valence-electron chi connectivity index (χ2n) is 6.18. The molecule has 0 aromatic heterocycles. The molecule has 0 fully saturated rings. The third kappa shape index (κ3) is 6.93. The maximum atomic E-state index is 12.1. The van der Waals surface area contributed by atoms with Gasteiger partial charge < -0.3 is 15.4 Å². The Morgan fingerprint density at radius 3 is 2.44 bits per heavy atom. The molecule has 0 aliphatic rings. The third-order valence-electron chi connectivity index (χ3n) is 3.93. The van der Waals surface area contributed by atoms with Gasteiger partial charge in [-0.1, -0.05) is 30.3 Å². The van der Waals surface area contributed by atoms with Gasteiger partial charge in [-0.25, -0.2) is 0 Å². The van der Waals surface area contributed by atoms with Crippen LogP contribution in [-0.2, 0) is 16.0 Å². The number of amides is 2. The van der Waals surface area contributed by atoms with Crippen LogP contribution in [0.5, 0.6) is 5.75 Å². The summed E-state index contributed by atoms with van der Waals surface area (Å²) in [5.41, 5.74) is 2.52. The molecule has 0 atom stereocenters. The van der Waals surface area contributed by atoms with Gasteiger partial charge in [0.1, 0.15) is 5.75 Å². The first kappa shape index (κ1) is 20.2. The molecular formula is C21H24N2O4. The van der Waals surface area contributed by atoms with E-state index in [0.717, 1.165) is 11.1 Å². The predicted molar refractivity (Wildman–Crippen MR) is 103 cm³/mol. The summed E-state index contributed by atoms with van der Waals surface area (Å²) in [6.07, 6.45) is 0.969. The van der Waals surface area contributed by atoms with Crippen LogP contribution in [0.4, 0.5) is 0 Å². The summed E-state index contributed by atoms with van der Waals surface area (Å²) in [4.78, 5) is 35.1. The van der Waals surface area contributed by atoms with E-state index in [1.54, 1.807) is 18.2 Å². The van der Waals surface area contributed by atoms with Crippen LogP contribution in [0.25, 0.3) is 0 Å². The SMILES string of the molecule is CC(=O)Oc1cccc(C(=O)NCCCNC(=O)Cc2ccccc2C)c1. The van der Waals surface area contributed by atoms with E-state index in [-0.39, 0.29) is 11.8 Å². The van der Waals surface area contributed by atoms with Crippen molar-refractivity contribution in [2.45, 2.75) is 26.7 Å². The summed E-state index contributed by atoms with van der Waals surface area (Å²) >= 11 is 0. The molecule has 0 spiro atoms. The van der Waals surface area contributed by atoms with Crippen LogP contribution in [0, 0.1) is 6.92 Å². The normalized spacial score (nSPS) is 10.1. The van der Waals surface area contributed by atoms with E-state index < -0.39 is 5.97 Å². The van der Waals surface area contributed by atoms with Gasteiger partial charge in [0.25, 0.3) is 5.91 Å². The smallest absolute Gasteiger partial charge is 0.308 e. The highest BCUT2D eigenvalue weighted by molar-refractivity contribution is 5.94.